The largest absolute Gasteiger partial charge is 0.508 e. The molecule has 3 heteroatoms. The fourth-order valence-corrected chi connectivity index (χ4v) is 5.36. The summed E-state index contributed by atoms with van der Waals surface area (Å²) in [6.45, 7) is 2.07. The van der Waals surface area contributed by atoms with Crippen molar-refractivity contribution >= 4 is 5.78 Å². The minimum Gasteiger partial charge on any atom is -0.508 e. The molecule has 3 nitrogen and oxygen atoms in total. The number of carbonyl (C=O) groups is 1. The van der Waals surface area contributed by atoms with Gasteiger partial charge in [-0.25, -0.2) is 0 Å². The number of hydrogen-bond donors (Lipinski definition) is 2. The van der Waals surface area contributed by atoms with Gasteiger partial charge in [0.2, 0.25) is 0 Å². The second-order valence-corrected chi connectivity index (χ2v) is 7.37. The first-order chi connectivity index (χ1) is 10.0. The van der Waals surface area contributed by atoms with E-state index in [0.29, 0.717) is 29.9 Å². The molecule has 0 radical (unpaired) electrons. The summed E-state index contributed by atoms with van der Waals surface area (Å²) in [5.41, 5.74) is 2.32. The maximum atomic E-state index is 12.3. The van der Waals surface area contributed by atoms with E-state index in [2.05, 4.69) is 13.0 Å². The summed E-state index contributed by atoms with van der Waals surface area (Å²) >= 11 is 0. The van der Waals surface area contributed by atoms with Crippen molar-refractivity contribution in [2.75, 3.05) is 0 Å². The minimum atomic E-state index is -0.750. The van der Waals surface area contributed by atoms with Crippen molar-refractivity contribution in [1.82, 2.24) is 0 Å². The van der Waals surface area contributed by atoms with E-state index in [1.807, 2.05) is 6.07 Å². The van der Waals surface area contributed by atoms with Crippen LogP contribution in [0.2, 0.25) is 0 Å². The molecule has 2 N–H and O–H groups in total. The number of aliphatic hydroxyl groups excluding tert-OH is 1. The van der Waals surface area contributed by atoms with Gasteiger partial charge in [-0.1, -0.05) is 13.0 Å². The average molecular weight is 286 g/mol. The number of aliphatic hydroxyl groups is 1. The number of aromatic hydroxyl groups is 1. The van der Waals surface area contributed by atoms with Gasteiger partial charge < -0.3 is 10.2 Å². The van der Waals surface area contributed by atoms with Crippen LogP contribution in [0.4, 0.5) is 0 Å². The van der Waals surface area contributed by atoms with Gasteiger partial charge in [0.05, 0.1) is 0 Å². The summed E-state index contributed by atoms with van der Waals surface area (Å²) in [5.74, 6) is 1.73. The smallest absolute Gasteiger partial charge is 0.167 e. The predicted octanol–water partition coefficient (Wildman–Crippen LogP) is 2.79. The Morgan fingerprint density at radius 3 is 2.90 bits per heavy atom. The van der Waals surface area contributed by atoms with Crippen molar-refractivity contribution in [2.45, 2.75) is 51.0 Å². The Morgan fingerprint density at radius 1 is 1.29 bits per heavy atom. The van der Waals surface area contributed by atoms with Crippen molar-refractivity contribution < 1.29 is 15.0 Å². The van der Waals surface area contributed by atoms with Crippen molar-refractivity contribution in [3.8, 4) is 5.75 Å². The maximum absolute atomic E-state index is 12.3. The van der Waals surface area contributed by atoms with E-state index < -0.39 is 6.10 Å². The first kappa shape index (κ1) is 13.3. The quantitative estimate of drug-likeness (QED) is 0.771. The van der Waals surface area contributed by atoms with Crippen LogP contribution in [0.25, 0.3) is 0 Å². The molecule has 0 heterocycles. The molecule has 3 aliphatic carbocycles. The Bertz CT molecular complexity index is 608. The fourth-order valence-electron chi connectivity index (χ4n) is 5.36. The number of Topliss-reactive ketones (excluding diaryl/α,β-unsaturated/α-hetero) is 1. The zero-order valence-corrected chi connectivity index (χ0v) is 12.4. The fraction of sp³-hybridized carbons (Fsp3) is 0.611. The van der Waals surface area contributed by atoms with Crippen LogP contribution < -0.4 is 0 Å². The monoisotopic (exact) mass is 286 g/mol. The molecular weight excluding hydrogens is 264 g/mol. The number of fused-ring (bicyclic) bond motifs is 5. The molecule has 2 saturated carbocycles. The van der Waals surface area contributed by atoms with Gasteiger partial charge >= 0.3 is 0 Å². The molecular formula is C18H22O3. The molecule has 2 fully saturated rings. The van der Waals surface area contributed by atoms with Crippen LogP contribution in [0.1, 0.15) is 49.7 Å². The highest BCUT2D eigenvalue weighted by Crippen LogP contribution is 2.59. The summed E-state index contributed by atoms with van der Waals surface area (Å²) in [4.78, 5) is 12.3. The van der Waals surface area contributed by atoms with Crippen molar-refractivity contribution in [1.29, 1.82) is 0 Å². The average Bonchev–Trinajstić information content (AvgIpc) is 2.70. The molecule has 21 heavy (non-hydrogen) atoms. The second-order valence-electron chi connectivity index (χ2n) is 7.37. The number of benzene rings is 1. The SMILES string of the molecule is C[C@@]12CC[C@H]3c4ccc(O)cc4CC[C@@H]3[C@H]1C[C@H](O)C2=O. The van der Waals surface area contributed by atoms with E-state index >= 15 is 0 Å². The molecule has 5 atom stereocenters. The Balaban J connectivity index is 1.73. The predicted molar refractivity (Wildman–Crippen MR) is 79.1 cm³/mol. The zero-order chi connectivity index (χ0) is 14.8. The Hall–Kier alpha value is -1.35. The molecule has 0 aliphatic heterocycles. The van der Waals surface area contributed by atoms with Gasteiger partial charge in [0.1, 0.15) is 11.9 Å². The van der Waals surface area contributed by atoms with E-state index in [-0.39, 0.29) is 11.2 Å². The van der Waals surface area contributed by atoms with Crippen LogP contribution in [0.5, 0.6) is 5.75 Å². The van der Waals surface area contributed by atoms with Crippen LogP contribution in [-0.4, -0.2) is 22.1 Å². The highest BCUT2D eigenvalue weighted by atomic mass is 16.3. The van der Waals surface area contributed by atoms with Gasteiger partial charge in [0, 0.05) is 5.41 Å². The lowest BCUT2D eigenvalue weighted by atomic mass is 9.55. The van der Waals surface area contributed by atoms with Crippen molar-refractivity contribution in [3.63, 3.8) is 0 Å². The van der Waals surface area contributed by atoms with E-state index in [0.717, 1.165) is 25.7 Å². The molecule has 0 spiro atoms. The van der Waals surface area contributed by atoms with Crippen LogP contribution in [0.15, 0.2) is 18.2 Å². The highest BCUT2D eigenvalue weighted by molar-refractivity contribution is 5.91. The van der Waals surface area contributed by atoms with Crippen LogP contribution in [0, 0.1) is 17.3 Å². The Morgan fingerprint density at radius 2 is 2.10 bits per heavy atom. The number of hydrogen-bond acceptors (Lipinski definition) is 3. The lowest BCUT2D eigenvalue weighted by Gasteiger charge is -2.48. The van der Waals surface area contributed by atoms with Crippen LogP contribution in [-0.2, 0) is 11.2 Å². The van der Waals surface area contributed by atoms with E-state index in [4.69, 9.17) is 0 Å². The zero-order valence-electron chi connectivity index (χ0n) is 12.4. The Labute approximate surface area is 125 Å². The number of aryl methyl sites for hydroxylation is 1. The van der Waals surface area contributed by atoms with E-state index in [1.54, 1.807) is 6.07 Å². The third-order valence-electron chi connectivity index (χ3n) is 6.44. The summed E-state index contributed by atoms with van der Waals surface area (Å²) in [6, 6.07) is 5.75. The van der Waals surface area contributed by atoms with E-state index in [9.17, 15) is 15.0 Å². The molecule has 0 amide bonds. The van der Waals surface area contributed by atoms with Gasteiger partial charge in [-0.15, -0.1) is 0 Å². The first-order valence-electron chi connectivity index (χ1n) is 8.05. The number of phenols is 1. The maximum Gasteiger partial charge on any atom is 0.167 e. The third-order valence-corrected chi connectivity index (χ3v) is 6.44. The topological polar surface area (TPSA) is 57.5 Å². The number of carbonyl (C=O) groups excluding carboxylic acids is 1. The van der Waals surface area contributed by atoms with E-state index in [1.165, 1.54) is 11.1 Å². The van der Waals surface area contributed by atoms with Crippen molar-refractivity contribution in [3.05, 3.63) is 29.3 Å². The van der Waals surface area contributed by atoms with Gasteiger partial charge in [0.15, 0.2) is 5.78 Å². The van der Waals surface area contributed by atoms with Crippen molar-refractivity contribution in [2.24, 2.45) is 17.3 Å². The molecule has 0 saturated heterocycles. The number of rotatable bonds is 0. The number of phenolic OH excluding ortho intramolecular Hbond substituents is 1. The molecule has 0 aromatic heterocycles. The van der Waals surface area contributed by atoms with Gasteiger partial charge in [0.25, 0.3) is 0 Å². The van der Waals surface area contributed by atoms with Crippen LogP contribution >= 0.6 is 0 Å². The standard InChI is InChI=1S/C18H22O3/c1-18-7-6-13-12-5-3-11(19)8-10(12)2-4-14(13)15(18)9-16(20)17(18)21/h3,5,8,13-16,19-20H,2,4,6-7,9H2,1H3/t13-,14-,15+,16-,18+/m0/s1. The molecule has 0 unspecified atom stereocenters. The highest BCUT2D eigenvalue weighted by Gasteiger charge is 2.57. The van der Waals surface area contributed by atoms with Gasteiger partial charge in [-0.05, 0) is 73.1 Å². The molecule has 4 rings (SSSR count). The van der Waals surface area contributed by atoms with Gasteiger partial charge in [-0.2, -0.15) is 0 Å². The normalized spacial score (nSPS) is 41.3. The molecule has 1 aromatic carbocycles. The summed E-state index contributed by atoms with van der Waals surface area (Å²) in [7, 11) is 0. The lowest BCUT2D eigenvalue weighted by molar-refractivity contribution is -0.134. The Kier molecular flexibility index (Phi) is 2.74. The second kappa shape index (κ2) is 4.33. The molecule has 3 aliphatic rings. The summed E-state index contributed by atoms with van der Waals surface area (Å²) in [6.07, 6.45) is 3.84. The lowest BCUT2D eigenvalue weighted by Crippen LogP contribution is -2.42. The molecule has 1 aromatic rings. The molecule has 0 bridgehead atoms. The summed E-state index contributed by atoms with van der Waals surface area (Å²) in [5, 5.41) is 19.7. The number of ketones is 1. The third kappa shape index (κ3) is 1.73. The van der Waals surface area contributed by atoms with Crippen LogP contribution in [0.3, 0.4) is 0 Å². The molecule has 112 valence electrons. The minimum absolute atomic E-state index is 0.0717. The summed E-state index contributed by atoms with van der Waals surface area (Å²) < 4.78 is 0. The first-order valence-corrected chi connectivity index (χ1v) is 8.05. The van der Waals surface area contributed by atoms with Gasteiger partial charge in [-0.3, -0.25) is 4.79 Å².